The standard InChI is InChI=1S/3C21H19N3O.6C2H6/c1-13-10-11-15-19-18(9-6-12-22-19)25-21(15)20(13)24-14(2)23(3)16-7-4-5-8-17(16)24;1-13-8-9-16-15-10-11-22-12-19(15)25-21(16)20(13)24-14(2)23(3)17-6-4-5-7-18(17)24;1-13-8-9-15-16-12-22-11-10-19(16)25-21(15)20(13)24-14(2)23(3)17-6-4-5-7-18(17)24;6*1-2/h3*4-12,14H,1-3H3;6*1-2H3/t3*14-;;;;;;/m000....../s1. The summed E-state index contributed by atoms with van der Waals surface area (Å²) in [5, 5.41) is 5.49. The van der Waals surface area contributed by atoms with E-state index >= 15 is 0 Å². The highest BCUT2D eigenvalue weighted by Gasteiger charge is 2.37. The van der Waals surface area contributed by atoms with Crippen LogP contribution < -0.4 is 29.4 Å². The minimum atomic E-state index is 0.211. The second kappa shape index (κ2) is 29.4. The van der Waals surface area contributed by atoms with E-state index in [9.17, 15) is 0 Å². The largest absolute Gasteiger partial charge is 0.454 e. The van der Waals surface area contributed by atoms with Gasteiger partial charge >= 0.3 is 0 Å². The van der Waals surface area contributed by atoms with E-state index in [1.807, 2.05) is 126 Å². The van der Waals surface area contributed by atoms with Crippen molar-refractivity contribution in [3.05, 3.63) is 181 Å². The highest BCUT2D eigenvalue weighted by atomic mass is 16.3. The van der Waals surface area contributed by atoms with Crippen molar-refractivity contribution >= 4 is 117 Å². The van der Waals surface area contributed by atoms with Gasteiger partial charge in [-0.3, -0.25) is 15.0 Å². The SMILES string of the molecule is CC.CC.CC.CC.CC.CC.Cc1ccc2c(oc3cccnc32)c1N1c2ccccc2N(C)[C@@H]1C.Cc1ccc2c(oc3ccncc32)c1N1c2ccccc2N(C)[C@@H]1C.Cc1ccc2c(oc3cnccc32)c1N1c2ccccc2N(C)[C@@H]1C. The highest BCUT2D eigenvalue weighted by Crippen LogP contribution is 2.51. The minimum Gasteiger partial charge on any atom is -0.454 e. The Labute approximate surface area is 517 Å². The first kappa shape index (κ1) is 65.5. The fourth-order valence-electron chi connectivity index (χ4n) is 11.7. The lowest BCUT2D eigenvalue weighted by Gasteiger charge is -2.29. The van der Waals surface area contributed by atoms with Gasteiger partial charge in [0, 0.05) is 72.9 Å². The molecule has 0 aliphatic carbocycles. The van der Waals surface area contributed by atoms with Gasteiger partial charge in [-0.1, -0.05) is 150 Å². The van der Waals surface area contributed by atoms with Gasteiger partial charge < -0.3 is 42.7 Å². The maximum absolute atomic E-state index is 6.28. The van der Waals surface area contributed by atoms with Crippen molar-refractivity contribution < 1.29 is 13.3 Å². The lowest BCUT2D eigenvalue weighted by molar-refractivity contribution is 0.659. The van der Waals surface area contributed by atoms with Crippen molar-refractivity contribution in [2.45, 2.75) is 143 Å². The third-order valence-corrected chi connectivity index (χ3v) is 15.9. The smallest absolute Gasteiger partial charge is 0.161 e. The average Bonchev–Trinajstić information content (AvgIpc) is 1.66. The van der Waals surface area contributed by atoms with E-state index in [-0.39, 0.29) is 18.5 Å². The molecule has 12 aromatic rings. The molecule has 0 bridgehead atoms. The number of nitrogens with zero attached hydrogens (tertiary/aromatic N) is 9. The Morgan fingerprint density at radius 3 is 1.13 bits per heavy atom. The summed E-state index contributed by atoms with van der Waals surface area (Å²) in [5.74, 6) is 0. The molecule has 0 unspecified atom stereocenters. The second-order valence-electron chi connectivity index (χ2n) is 20.0. The van der Waals surface area contributed by atoms with Crippen LogP contribution in [0.4, 0.5) is 51.2 Å². The number of aryl methyl sites for hydroxylation is 3. The Morgan fingerprint density at radius 1 is 0.322 bits per heavy atom. The Kier molecular flexibility index (Phi) is 22.1. The first-order valence-corrected chi connectivity index (χ1v) is 31.6. The van der Waals surface area contributed by atoms with Crippen LogP contribution in [0.3, 0.4) is 0 Å². The topological polar surface area (TPSA) is 97.5 Å². The molecule has 3 aliphatic rings. The van der Waals surface area contributed by atoms with E-state index in [1.54, 1.807) is 12.4 Å². The summed E-state index contributed by atoms with van der Waals surface area (Å²) in [6.45, 7) is 37.1. The zero-order valence-corrected chi connectivity index (χ0v) is 55.6. The predicted octanol–water partition coefficient (Wildman–Crippen LogP) is 21.8. The van der Waals surface area contributed by atoms with Crippen LogP contribution in [0.1, 0.15) is 121 Å². The molecule has 12 nitrogen and oxygen atoms in total. The van der Waals surface area contributed by atoms with Crippen molar-refractivity contribution in [3.63, 3.8) is 0 Å². The summed E-state index contributed by atoms with van der Waals surface area (Å²) in [6.07, 6.45) is 9.73. The zero-order chi connectivity index (χ0) is 63.4. The molecule has 0 N–H and O–H groups in total. The van der Waals surface area contributed by atoms with Gasteiger partial charge in [0.15, 0.2) is 27.9 Å². The summed E-state index contributed by atoms with van der Waals surface area (Å²) in [7, 11) is 6.42. The number of benzene rings is 6. The molecule has 3 aliphatic heterocycles. The summed E-state index contributed by atoms with van der Waals surface area (Å²) in [5.41, 5.74) is 20.6. The quantitative estimate of drug-likeness (QED) is 0.168. The summed E-state index contributed by atoms with van der Waals surface area (Å²) in [4.78, 5) is 27.0. The summed E-state index contributed by atoms with van der Waals surface area (Å²) in [6, 6.07) is 46.4. The van der Waals surface area contributed by atoms with Crippen LogP contribution in [-0.2, 0) is 0 Å². The number of furan rings is 3. The van der Waals surface area contributed by atoms with Gasteiger partial charge in [0.2, 0.25) is 0 Å². The molecular weight excluding hydrogens is 1070 g/mol. The highest BCUT2D eigenvalue weighted by molar-refractivity contribution is 6.12. The van der Waals surface area contributed by atoms with E-state index in [0.717, 1.165) is 83.0 Å². The Morgan fingerprint density at radius 2 is 0.678 bits per heavy atom. The van der Waals surface area contributed by atoms with Gasteiger partial charge in [-0.25, -0.2) is 0 Å². The number of hydrogen-bond donors (Lipinski definition) is 0. The van der Waals surface area contributed by atoms with Crippen LogP contribution in [0.5, 0.6) is 0 Å². The Bertz CT molecular complexity index is 3770. The van der Waals surface area contributed by atoms with Crippen molar-refractivity contribution in [1.29, 1.82) is 0 Å². The molecule has 0 saturated carbocycles. The molecule has 6 aromatic heterocycles. The Hall–Kier alpha value is -9.03. The summed E-state index contributed by atoms with van der Waals surface area (Å²) >= 11 is 0. The molecule has 0 fully saturated rings. The molecule has 0 spiro atoms. The third-order valence-electron chi connectivity index (χ3n) is 15.9. The van der Waals surface area contributed by atoms with Crippen molar-refractivity contribution in [1.82, 2.24) is 15.0 Å². The van der Waals surface area contributed by atoms with Crippen molar-refractivity contribution in [2.75, 3.05) is 50.5 Å². The molecular formula is C75H93N9O3. The lowest BCUT2D eigenvalue weighted by Crippen LogP contribution is -2.36. The molecule has 9 heterocycles. The molecule has 0 saturated heterocycles. The monoisotopic (exact) mass is 1170 g/mol. The van der Waals surface area contributed by atoms with Crippen LogP contribution >= 0.6 is 0 Å². The number of para-hydroxylation sites is 6. The van der Waals surface area contributed by atoms with Crippen LogP contribution in [0.15, 0.2) is 178 Å². The maximum Gasteiger partial charge on any atom is 0.161 e. The normalized spacial score (nSPS) is 14.9. The molecule has 0 amide bonds. The first-order valence-electron chi connectivity index (χ1n) is 31.6. The molecule has 12 heteroatoms. The summed E-state index contributed by atoms with van der Waals surface area (Å²) < 4.78 is 18.8. The Balaban J connectivity index is 0.000000171. The molecule has 15 rings (SSSR count). The number of hydrogen-bond acceptors (Lipinski definition) is 12. The van der Waals surface area contributed by atoms with E-state index in [1.165, 1.54) is 50.8 Å². The number of aromatic nitrogens is 3. The van der Waals surface area contributed by atoms with Gasteiger partial charge in [-0.05, 0) is 125 Å². The van der Waals surface area contributed by atoms with Crippen LogP contribution in [0, 0.1) is 20.8 Å². The molecule has 0 radical (unpaired) electrons. The molecule has 3 atom stereocenters. The fourth-order valence-corrected chi connectivity index (χ4v) is 11.7. The van der Waals surface area contributed by atoms with Gasteiger partial charge in [-0.15, -0.1) is 0 Å². The van der Waals surface area contributed by atoms with E-state index in [0.29, 0.717) is 0 Å². The number of pyridine rings is 3. The average molecular weight is 1170 g/mol. The van der Waals surface area contributed by atoms with Gasteiger partial charge in [0.1, 0.15) is 29.6 Å². The number of anilines is 9. The first-order chi connectivity index (χ1) is 42.5. The fraction of sp³-hybridized carbons (Fsp3) is 0.320. The van der Waals surface area contributed by atoms with E-state index < -0.39 is 0 Å². The second-order valence-corrected chi connectivity index (χ2v) is 20.0. The van der Waals surface area contributed by atoms with E-state index in [4.69, 9.17) is 13.3 Å². The van der Waals surface area contributed by atoms with Crippen LogP contribution in [0.2, 0.25) is 0 Å². The van der Waals surface area contributed by atoms with Gasteiger partial charge in [0.25, 0.3) is 0 Å². The van der Waals surface area contributed by atoms with Gasteiger partial charge in [0.05, 0.1) is 57.4 Å². The molecule has 456 valence electrons. The molecule has 6 aromatic carbocycles. The van der Waals surface area contributed by atoms with Crippen molar-refractivity contribution in [3.8, 4) is 0 Å². The van der Waals surface area contributed by atoms with Crippen molar-refractivity contribution in [2.24, 2.45) is 0 Å². The molecule has 87 heavy (non-hydrogen) atoms. The third kappa shape index (κ3) is 11.7. The number of fused-ring (bicyclic) bond motifs is 12. The predicted molar refractivity (Wildman–Crippen MR) is 376 cm³/mol. The number of rotatable bonds is 3. The van der Waals surface area contributed by atoms with Crippen LogP contribution in [-0.4, -0.2) is 54.6 Å². The van der Waals surface area contributed by atoms with Crippen LogP contribution in [0.25, 0.3) is 65.9 Å². The minimum absolute atomic E-state index is 0.211. The lowest BCUT2D eigenvalue weighted by atomic mass is 10.1. The van der Waals surface area contributed by atoms with Gasteiger partial charge in [-0.2, -0.15) is 0 Å². The maximum atomic E-state index is 6.28. The van der Waals surface area contributed by atoms with E-state index in [2.05, 4.69) is 216 Å². The zero-order valence-electron chi connectivity index (χ0n) is 55.6.